The summed E-state index contributed by atoms with van der Waals surface area (Å²) < 4.78 is 43.5. The maximum absolute atomic E-state index is 11.6. The Hall–Kier alpha value is -2.66. The third-order valence-electron chi connectivity index (χ3n) is 15.5. The predicted octanol–water partition coefficient (Wildman–Crippen LogP) is 5.50. The van der Waals surface area contributed by atoms with Gasteiger partial charge in [-0.1, -0.05) is 52.0 Å². The van der Waals surface area contributed by atoms with E-state index in [2.05, 4.69) is 55.9 Å². The van der Waals surface area contributed by atoms with Crippen LogP contribution in [0.4, 0.5) is 0 Å². The molecule has 2 atom stereocenters. The molecule has 2 unspecified atom stereocenters. The Morgan fingerprint density at radius 1 is 0.440 bits per heavy atom. The number of carbonyl (C=O) groups is 4. The van der Waals surface area contributed by atoms with Crippen molar-refractivity contribution in [2.45, 2.75) is 184 Å². The minimum Gasteiger partial charge on any atom is -0.481 e. The second kappa shape index (κ2) is 52.3. The van der Waals surface area contributed by atoms with Crippen LogP contribution in [0.3, 0.4) is 0 Å². The molecule has 84 heavy (non-hydrogen) atoms. The van der Waals surface area contributed by atoms with E-state index in [1.165, 1.54) is 25.7 Å². The summed E-state index contributed by atoms with van der Waals surface area (Å²) in [6.07, 6.45) is 15.1. The normalized spacial score (nSPS) is 21.9. The van der Waals surface area contributed by atoms with Crippen LogP contribution in [-0.4, -0.2) is 271 Å². The average molecular weight is 1260 g/mol. The van der Waals surface area contributed by atoms with Crippen LogP contribution in [0.1, 0.15) is 168 Å². The lowest BCUT2D eigenvalue weighted by Gasteiger charge is -2.28. The predicted molar refractivity (Wildman–Crippen MR) is 349 cm³/mol. The molecule has 510 valence electrons. The van der Waals surface area contributed by atoms with Crippen molar-refractivity contribution < 1.29 is 61.5 Å². The van der Waals surface area contributed by atoms with Gasteiger partial charge in [0.15, 0.2) is 0 Å². The second-order valence-corrected chi connectivity index (χ2v) is 26.4. The van der Waals surface area contributed by atoms with Crippen molar-refractivity contribution >= 4 is 43.9 Å². The number of hydrogen-bond acceptors (Lipinski definition) is 17. The molecule has 7 aliphatic rings. The molecule has 0 saturated carbocycles. The number of aliphatic hydroxyl groups excluding tert-OH is 2. The van der Waals surface area contributed by atoms with Gasteiger partial charge in [-0.15, -0.1) is 0 Å². The van der Waals surface area contributed by atoms with Gasteiger partial charge in [-0.2, -0.15) is 0 Å². The molecule has 0 aromatic rings. The fourth-order valence-corrected chi connectivity index (χ4v) is 11.8. The number of primary sulfonamides is 2. The van der Waals surface area contributed by atoms with E-state index < -0.39 is 38.0 Å². The number of carbonyl (C=O) groups excluding carboxylic acids is 1. The Labute approximate surface area is 515 Å². The smallest absolute Gasteiger partial charge is 0.305 e. The van der Waals surface area contributed by atoms with E-state index in [-0.39, 0.29) is 93.4 Å². The lowest BCUT2D eigenvalue weighted by Crippen LogP contribution is -2.42. The molecule has 0 bridgehead atoms. The summed E-state index contributed by atoms with van der Waals surface area (Å²) in [6.45, 7) is 14.4. The summed E-state index contributed by atoms with van der Waals surface area (Å²) in [5, 5.41) is 55.2. The molecule has 7 aliphatic heterocycles. The average Bonchev–Trinajstić information content (AvgIpc) is 3.35. The number of likely N-dealkylation sites (N-methyl/N-ethyl adjacent to an activating group) is 1. The Morgan fingerprint density at radius 3 is 1.12 bits per heavy atom. The number of nitrogens with zero attached hydrogens (tertiary/aromatic N) is 7. The minimum atomic E-state index is -3.30. The van der Waals surface area contributed by atoms with E-state index >= 15 is 0 Å². The van der Waals surface area contributed by atoms with Gasteiger partial charge in [0.1, 0.15) is 0 Å². The van der Waals surface area contributed by atoms with Crippen molar-refractivity contribution in [3.05, 3.63) is 0 Å². The third-order valence-corrected chi connectivity index (χ3v) is 18.2. The molecule has 0 aromatic carbocycles. The molecule has 0 aromatic heterocycles. The van der Waals surface area contributed by atoms with E-state index in [1.807, 2.05) is 33.1 Å². The highest BCUT2D eigenvalue weighted by Gasteiger charge is 2.27. The van der Waals surface area contributed by atoms with Gasteiger partial charge in [-0.3, -0.25) is 19.2 Å². The van der Waals surface area contributed by atoms with E-state index in [0.717, 1.165) is 136 Å². The Morgan fingerprint density at radius 2 is 0.798 bits per heavy atom. The first-order chi connectivity index (χ1) is 36.1. The molecule has 7 fully saturated rings. The van der Waals surface area contributed by atoms with E-state index in [9.17, 15) is 36.0 Å². The number of aliphatic carboxylic acids is 3. The van der Waals surface area contributed by atoms with Crippen molar-refractivity contribution in [2.24, 2.45) is 33.9 Å². The van der Waals surface area contributed by atoms with Crippen molar-refractivity contribution in [3.63, 3.8) is 0 Å². The van der Waals surface area contributed by atoms with Gasteiger partial charge in [0.2, 0.25) is 26.0 Å². The van der Waals surface area contributed by atoms with Crippen LogP contribution in [0, 0.1) is 23.7 Å². The zero-order chi connectivity index (χ0) is 58.1. The number of rotatable bonds is 12. The molecular formula is C59H134N10O13S2. The number of likely N-dealkylation sites (tertiary alicyclic amines) is 7. The largest absolute Gasteiger partial charge is 0.481 e. The number of amides is 1. The first kappa shape index (κ1) is 95.0. The third kappa shape index (κ3) is 48.4. The molecule has 7 heterocycles. The molecule has 1 amide bonds. The van der Waals surface area contributed by atoms with Gasteiger partial charge < -0.3 is 65.1 Å². The second-order valence-electron chi connectivity index (χ2n) is 22.7. The fourth-order valence-electron chi connectivity index (χ4n) is 9.98. The number of carboxylic acid groups (broad SMARTS) is 3. The highest BCUT2D eigenvalue weighted by Crippen LogP contribution is 2.22. The van der Waals surface area contributed by atoms with Gasteiger partial charge in [-0.25, -0.2) is 27.1 Å². The van der Waals surface area contributed by atoms with E-state index in [0.29, 0.717) is 63.0 Å². The standard InChI is InChI=1S/C10H18N2O3.C9H17NO2.C8H15NO2.C7H15NO.2C6H14N2O2S.C6H13NO.7CH4/c1-12-6-3-8(4-7-12)10(15)11-5-2-9(13)14;1-10-6-4-8(5-7-10)2-3-9(11)12;1-9-4-2-7(3-5-9)6-8(10)11;1-8-4-2-7(6-9)3-5-8;1-8-4-2-6(3-5-8)11(7,9)10;1-8-4-2-3-6(5-8)11(7,9)10;1-7-4-2-3-6(8)5-7;;;;;;;/h8H,2-7H2,1H3,(H,11,15)(H,13,14);8H,2-7H2,1H3,(H,11,12);7H,2-6H2,1H3,(H,10,11);7,9H,2-6H2,1H3;2*6H,2-5H2,1H3,(H2,7,9,10);6,8H,2-5H2,1H3;7*1H4. The number of piperidine rings is 7. The van der Waals surface area contributed by atoms with Crippen LogP contribution in [-0.2, 0) is 39.2 Å². The number of aliphatic hydroxyl groups is 2. The number of nitrogens with one attached hydrogen (secondary N) is 1. The zero-order valence-corrected chi connectivity index (χ0v) is 49.8. The maximum atomic E-state index is 11.6. The molecule has 25 heteroatoms. The molecule has 23 nitrogen and oxygen atoms in total. The molecule has 10 N–H and O–H groups in total. The van der Waals surface area contributed by atoms with Gasteiger partial charge in [-0.05, 0) is 242 Å². The summed E-state index contributed by atoms with van der Waals surface area (Å²) in [5.41, 5.74) is 0. The zero-order valence-electron chi connectivity index (χ0n) is 48.2. The van der Waals surface area contributed by atoms with Crippen molar-refractivity contribution in [3.8, 4) is 0 Å². The highest BCUT2D eigenvalue weighted by atomic mass is 32.2. The first-order valence-corrected chi connectivity index (χ1v) is 31.3. The van der Waals surface area contributed by atoms with Crippen molar-refractivity contribution in [1.82, 2.24) is 39.6 Å². The number of nitrogens with two attached hydrogens (primary N) is 2. The molecule has 0 spiro atoms. The van der Waals surface area contributed by atoms with Crippen LogP contribution in [0.5, 0.6) is 0 Å². The molecule has 0 radical (unpaired) electrons. The van der Waals surface area contributed by atoms with Crippen LogP contribution < -0.4 is 15.6 Å². The Kier molecular flexibility index (Phi) is 59.1. The summed E-state index contributed by atoms with van der Waals surface area (Å²) in [5.74, 6) is -0.464. The summed E-state index contributed by atoms with van der Waals surface area (Å²) >= 11 is 0. The van der Waals surface area contributed by atoms with Crippen LogP contribution in [0.2, 0.25) is 0 Å². The van der Waals surface area contributed by atoms with Crippen molar-refractivity contribution in [1.29, 1.82) is 0 Å². The molecule has 0 aliphatic carbocycles. The van der Waals surface area contributed by atoms with Crippen molar-refractivity contribution in [2.75, 3.05) is 154 Å². The monoisotopic (exact) mass is 1250 g/mol. The lowest BCUT2D eigenvalue weighted by atomic mass is 9.92. The summed E-state index contributed by atoms with van der Waals surface area (Å²) in [7, 11) is 7.74. The highest BCUT2D eigenvalue weighted by molar-refractivity contribution is 7.90. The van der Waals surface area contributed by atoms with Gasteiger partial charge in [0.25, 0.3) is 0 Å². The first-order valence-electron chi connectivity index (χ1n) is 28.1. The van der Waals surface area contributed by atoms with Crippen LogP contribution in [0.15, 0.2) is 0 Å². The number of β-amino-alcohol motifs (C(OH)–C–C–N with tert-alkyl or cyclic N) is 1. The summed E-state index contributed by atoms with van der Waals surface area (Å²) in [6, 6.07) is 0. The summed E-state index contributed by atoms with van der Waals surface area (Å²) in [4.78, 5) is 57.8. The van der Waals surface area contributed by atoms with E-state index in [4.69, 9.17) is 35.8 Å². The molecule has 7 rings (SSSR count). The number of hydrogen-bond donors (Lipinski definition) is 8. The van der Waals surface area contributed by atoms with Gasteiger partial charge >= 0.3 is 17.9 Å². The topological polar surface area (TPSA) is 324 Å². The molecule has 7 saturated heterocycles. The Balaban J connectivity index is -0.000000163. The van der Waals surface area contributed by atoms with Crippen LogP contribution in [0.25, 0.3) is 0 Å². The number of sulfonamides is 2. The van der Waals surface area contributed by atoms with Crippen LogP contribution >= 0.6 is 0 Å². The van der Waals surface area contributed by atoms with Gasteiger partial charge in [0, 0.05) is 45.0 Å². The van der Waals surface area contributed by atoms with Gasteiger partial charge in [0.05, 0.1) is 23.0 Å². The molecular weight excluding hydrogens is 1120 g/mol. The van der Waals surface area contributed by atoms with E-state index in [1.54, 1.807) is 0 Å². The minimum absolute atomic E-state index is 0. The fraction of sp³-hybridized carbons (Fsp3) is 0.932. The SMILES string of the molecule is C.C.C.C.C.C.C.CN1CCC(C(=O)NCCC(=O)O)CC1.CN1CCC(CC(=O)O)CC1.CN1CCC(CCC(=O)O)CC1.CN1CCC(CO)CC1.CN1CCC(S(N)(=O)=O)CC1.CN1CCCC(O)C1.CN1CCCC(S(N)(=O)=O)C1. The number of carboxylic acids is 3. The quantitative estimate of drug-likeness (QED) is 0.120. The Bertz CT molecular complexity index is 1830. The lowest BCUT2D eigenvalue weighted by molar-refractivity contribution is -0.139. The maximum Gasteiger partial charge on any atom is 0.305 e.